The van der Waals surface area contributed by atoms with Gasteiger partial charge in [-0.25, -0.2) is 0 Å². The lowest BCUT2D eigenvalue weighted by Crippen LogP contribution is -2.73. The number of hydrogen-bond donors (Lipinski definition) is 1. The van der Waals surface area contributed by atoms with Gasteiger partial charge in [0.2, 0.25) is 11.7 Å². The first kappa shape index (κ1) is 19.1. The van der Waals surface area contributed by atoms with Crippen LogP contribution in [0.5, 0.6) is 11.5 Å². The first-order valence-corrected chi connectivity index (χ1v) is 9.40. The molecule has 1 aromatic carbocycles. The molecule has 1 N–H and O–H groups in total. The number of methoxy groups -OCH3 is 2. The molecule has 4 fully saturated rings. The summed E-state index contributed by atoms with van der Waals surface area (Å²) in [5, 5.41) is 39.3. The van der Waals surface area contributed by atoms with Crippen molar-refractivity contribution in [2.24, 2.45) is 16.7 Å². The Kier molecular flexibility index (Phi) is 4.19. The minimum absolute atomic E-state index is 0.387. The Bertz CT molecular complexity index is 989. The number of ether oxygens (including phenoxy) is 4. The number of benzene rings is 1. The number of hydrogen-bond acceptors (Lipinski definition) is 8. The van der Waals surface area contributed by atoms with Crippen LogP contribution in [0.25, 0.3) is 0 Å². The Labute approximate surface area is 168 Å². The molecule has 4 atom stereocenters. The molecular formula is C21H20N4O4. The summed E-state index contributed by atoms with van der Waals surface area (Å²) in [6.45, 7) is 0. The second-order valence-corrected chi connectivity index (χ2v) is 7.60. The molecule has 1 spiro atoms. The number of nitrogens with zero attached hydrogens (tertiary/aromatic N) is 3. The Morgan fingerprint density at radius 1 is 1.10 bits per heavy atom. The molecule has 0 unspecified atom stereocenters. The summed E-state index contributed by atoms with van der Waals surface area (Å²) < 4.78 is 23.0. The molecule has 29 heavy (non-hydrogen) atoms. The third-order valence-corrected chi connectivity index (χ3v) is 6.54. The SMILES string of the molecule is COc1ccc([C@@H]2O[C@]34CCCC[C@@H]3C(C#N)(C#N)[C@@]2(C#N)C(=N)O4)c(OC)c1. The van der Waals surface area contributed by atoms with Crippen LogP contribution in [-0.4, -0.2) is 25.9 Å². The van der Waals surface area contributed by atoms with Crippen molar-refractivity contribution >= 4 is 5.90 Å². The highest BCUT2D eigenvalue weighted by Crippen LogP contribution is 2.69. The lowest BCUT2D eigenvalue weighted by atomic mass is 9.48. The topological polar surface area (TPSA) is 132 Å². The third kappa shape index (κ3) is 2.11. The van der Waals surface area contributed by atoms with Crippen molar-refractivity contribution in [2.75, 3.05) is 14.2 Å². The van der Waals surface area contributed by atoms with Crippen molar-refractivity contribution in [3.63, 3.8) is 0 Å². The van der Waals surface area contributed by atoms with Gasteiger partial charge < -0.3 is 18.9 Å². The van der Waals surface area contributed by atoms with Crippen LogP contribution in [0.3, 0.4) is 0 Å². The molecule has 3 saturated heterocycles. The summed E-state index contributed by atoms with van der Waals surface area (Å²) in [4.78, 5) is 0. The molecule has 148 valence electrons. The third-order valence-electron chi connectivity index (χ3n) is 6.54. The van der Waals surface area contributed by atoms with Gasteiger partial charge in [0, 0.05) is 18.1 Å². The molecule has 4 aliphatic rings. The van der Waals surface area contributed by atoms with Crippen molar-refractivity contribution in [1.82, 2.24) is 0 Å². The maximum atomic E-state index is 10.3. The van der Waals surface area contributed by atoms with Crippen LogP contribution in [-0.2, 0) is 9.47 Å². The number of nitrogens with one attached hydrogen (secondary N) is 1. The Balaban J connectivity index is 2.01. The average molecular weight is 392 g/mol. The van der Waals surface area contributed by atoms with Gasteiger partial charge in [-0.1, -0.05) is 6.42 Å². The zero-order valence-corrected chi connectivity index (χ0v) is 16.2. The monoisotopic (exact) mass is 392 g/mol. The van der Waals surface area contributed by atoms with Crippen LogP contribution < -0.4 is 9.47 Å². The fourth-order valence-corrected chi connectivity index (χ4v) is 5.16. The van der Waals surface area contributed by atoms with Gasteiger partial charge >= 0.3 is 0 Å². The summed E-state index contributed by atoms with van der Waals surface area (Å²) in [6.07, 6.45) is 1.48. The van der Waals surface area contributed by atoms with E-state index < -0.39 is 34.5 Å². The smallest absolute Gasteiger partial charge is 0.218 e. The van der Waals surface area contributed by atoms with Crippen LogP contribution in [0.2, 0.25) is 0 Å². The molecule has 3 aliphatic heterocycles. The zero-order chi connectivity index (χ0) is 20.9. The van der Waals surface area contributed by atoms with E-state index in [-0.39, 0.29) is 0 Å². The highest BCUT2D eigenvalue weighted by molar-refractivity contribution is 5.89. The van der Waals surface area contributed by atoms with Crippen LogP contribution in [0.4, 0.5) is 0 Å². The van der Waals surface area contributed by atoms with E-state index in [9.17, 15) is 15.8 Å². The average Bonchev–Trinajstić information content (AvgIpc) is 2.76. The maximum absolute atomic E-state index is 10.3. The lowest BCUT2D eigenvalue weighted by Gasteiger charge is -2.63. The summed E-state index contributed by atoms with van der Waals surface area (Å²) in [5.74, 6) is -1.36. The van der Waals surface area contributed by atoms with Gasteiger partial charge in [-0.3, -0.25) is 5.41 Å². The number of fused-ring (bicyclic) bond motifs is 2. The van der Waals surface area contributed by atoms with Crippen molar-refractivity contribution in [3.8, 4) is 29.7 Å². The second kappa shape index (κ2) is 6.37. The van der Waals surface area contributed by atoms with Gasteiger partial charge in [0.1, 0.15) is 17.6 Å². The molecule has 1 aliphatic carbocycles. The molecule has 0 amide bonds. The van der Waals surface area contributed by atoms with E-state index in [1.165, 1.54) is 14.2 Å². The molecule has 0 radical (unpaired) electrons. The normalized spacial score (nSPS) is 34.0. The lowest BCUT2D eigenvalue weighted by molar-refractivity contribution is -0.360. The molecule has 1 saturated carbocycles. The van der Waals surface area contributed by atoms with Gasteiger partial charge in [0.05, 0.1) is 38.3 Å². The van der Waals surface area contributed by atoms with Gasteiger partial charge in [-0.15, -0.1) is 0 Å². The maximum Gasteiger partial charge on any atom is 0.218 e. The number of rotatable bonds is 3. The van der Waals surface area contributed by atoms with Gasteiger partial charge in [-0.05, 0) is 25.0 Å². The molecule has 1 aromatic rings. The standard InChI is InChI=1S/C21H20N4O4/c1-26-13-6-7-14(15(9-13)27-2)17-20(12-24)18(25)29-21(28-17)8-4-3-5-16(21)19(20,10-22)11-23/h6-7,9,16-17,25H,3-5,8H2,1-2H3/t16-,17+,20-,21+/m1/s1. The minimum atomic E-state index is -1.91. The van der Waals surface area contributed by atoms with Gasteiger partial charge in [-0.2, -0.15) is 15.8 Å². The quantitative estimate of drug-likeness (QED) is 0.835. The summed E-state index contributed by atoms with van der Waals surface area (Å²) in [5.41, 5.74) is -3.21. The highest BCUT2D eigenvalue weighted by Gasteiger charge is 2.80. The fraction of sp³-hybridized carbons (Fsp3) is 0.524. The summed E-state index contributed by atoms with van der Waals surface area (Å²) in [6, 6.07) is 11.4. The van der Waals surface area contributed by atoms with E-state index in [1.54, 1.807) is 18.2 Å². The Morgan fingerprint density at radius 2 is 1.86 bits per heavy atom. The number of nitriles is 3. The molecule has 8 nitrogen and oxygen atoms in total. The summed E-state index contributed by atoms with van der Waals surface area (Å²) >= 11 is 0. The van der Waals surface area contributed by atoms with Crippen LogP contribution in [0.1, 0.15) is 37.4 Å². The van der Waals surface area contributed by atoms with E-state index in [2.05, 4.69) is 18.2 Å². The molecule has 0 aromatic heterocycles. The minimum Gasteiger partial charge on any atom is -0.497 e. The fourth-order valence-electron chi connectivity index (χ4n) is 5.16. The molecule has 8 heteroatoms. The van der Waals surface area contributed by atoms with E-state index >= 15 is 0 Å². The van der Waals surface area contributed by atoms with Crippen LogP contribution >= 0.6 is 0 Å². The Hall–Kier alpha value is -3.28. The first-order valence-electron chi connectivity index (χ1n) is 9.40. The molecule has 2 bridgehead atoms. The van der Waals surface area contributed by atoms with Crippen molar-refractivity contribution < 1.29 is 18.9 Å². The van der Waals surface area contributed by atoms with E-state index in [1.807, 2.05) is 0 Å². The zero-order valence-electron chi connectivity index (χ0n) is 16.2. The van der Waals surface area contributed by atoms with E-state index in [4.69, 9.17) is 24.4 Å². The second-order valence-electron chi connectivity index (χ2n) is 7.60. The van der Waals surface area contributed by atoms with Gasteiger partial charge in [0.25, 0.3) is 0 Å². The molecular weight excluding hydrogens is 372 g/mol. The van der Waals surface area contributed by atoms with Crippen LogP contribution in [0, 0.1) is 56.2 Å². The predicted molar refractivity (Wildman–Crippen MR) is 98.6 cm³/mol. The van der Waals surface area contributed by atoms with Gasteiger partial charge in [0.15, 0.2) is 10.8 Å². The highest BCUT2D eigenvalue weighted by atomic mass is 16.7. The summed E-state index contributed by atoms with van der Waals surface area (Å²) in [7, 11) is 3.00. The van der Waals surface area contributed by atoms with E-state index in [0.717, 1.165) is 12.8 Å². The van der Waals surface area contributed by atoms with Crippen LogP contribution in [0.15, 0.2) is 18.2 Å². The Morgan fingerprint density at radius 3 is 2.48 bits per heavy atom. The van der Waals surface area contributed by atoms with Crippen molar-refractivity contribution in [2.45, 2.75) is 37.6 Å². The van der Waals surface area contributed by atoms with Crippen molar-refractivity contribution in [1.29, 1.82) is 21.2 Å². The predicted octanol–water partition coefficient (Wildman–Crippen LogP) is 3.21. The first-order chi connectivity index (χ1) is 14.0. The van der Waals surface area contributed by atoms with E-state index in [0.29, 0.717) is 29.9 Å². The van der Waals surface area contributed by atoms with Crippen molar-refractivity contribution in [3.05, 3.63) is 23.8 Å². The largest absolute Gasteiger partial charge is 0.497 e. The molecule has 5 rings (SSSR count). The molecule has 3 heterocycles.